The SMILES string of the molecule is CC(Sc1ncnc2sc3c(c12)CCC3)C(=O)Nc1nc(-c2ccc(Cl)c(Cl)c2)cs1. The topological polar surface area (TPSA) is 67.8 Å². The van der Waals surface area contributed by atoms with Gasteiger partial charge in [-0.25, -0.2) is 15.0 Å². The highest BCUT2D eigenvalue weighted by atomic mass is 35.5. The van der Waals surface area contributed by atoms with Crippen molar-refractivity contribution in [2.75, 3.05) is 5.32 Å². The number of fused-ring (bicyclic) bond motifs is 3. The van der Waals surface area contributed by atoms with Gasteiger partial charge in [0, 0.05) is 21.2 Å². The number of aromatic nitrogens is 3. The minimum atomic E-state index is -0.327. The van der Waals surface area contributed by atoms with Gasteiger partial charge in [0.1, 0.15) is 16.2 Å². The number of thiophene rings is 1. The summed E-state index contributed by atoms with van der Waals surface area (Å²) in [4.78, 5) is 28.7. The van der Waals surface area contributed by atoms with Crippen LogP contribution in [-0.4, -0.2) is 26.1 Å². The third kappa shape index (κ3) is 4.19. The van der Waals surface area contributed by atoms with Crippen molar-refractivity contribution in [1.29, 1.82) is 0 Å². The summed E-state index contributed by atoms with van der Waals surface area (Å²) in [5, 5.41) is 7.99. The molecule has 158 valence electrons. The molecule has 1 unspecified atom stereocenters. The van der Waals surface area contributed by atoms with Crippen molar-refractivity contribution in [1.82, 2.24) is 15.0 Å². The number of thioether (sulfide) groups is 1. The number of nitrogens with one attached hydrogen (secondary N) is 1. The number of hydrogen-bond donors (Lipinski definition) is 1. The third-order valence-electron chi connectivity index (χ3n) is 5.07. The van der Waals surface area contributed by atoms with Gasteiger partial charge < -0.3 is 5.32 Å². The number of benzene rings is 1. The minimum absolute atomic E-state index is 0.112. The van der Waals surface area contributed by atoms with Crippen LogP contribution in [0.5, 0.6) is 0 Å². The monoisotopic (exact) mass is 506 g/mol. The Balaban J connectivity index is 1.31. The summed E-state index contributed by atoms with van der Waals surface area (Å²) in [6.07, 6.45) is 4.94. The Morgan fingerprint density at radius 1 is 1.23 bits per heavy atom. The van der Waals surface area contributed by atoms with Crippen LogP contribution in [0, 0.1) is 0 Å². The zero-order chi connectivity index (χ0) is 21.5. The van der Waals surface area contributed by atoms with Crippen LogP contribution in [-0.2, 0) is 17.6 Å². The fraction of sp³-hybridized carbons (Fsp3) is 0.238. The number of amides is 1. The number of rotatable bonds is 5. The smallest absolute Gasteiger partial charge is 0.239 e. The van der Waals surface area contributed by atoms with Crippen molar-refractivity contribution in [3.63, 3.8) is 0 Å². The lowest BCUT2D eigenvalue weighted by molar-refractivity contribution is -0.115. The number of carbonyl (C=O) groups excluding carboxylic acids is 1. The highest BCUT2D eigenvalue weighted by molar-refractivity contribution is 8.00. The molecule has 0 fully saturated rings. The minimum Gasteiger partial charge on any atom is -0.301 e. The van der Waals surface area contributed by atoms with E-state index in [1.807, 2.05) is 18.4 Å². The van der Waals surface area contributed by atoms with Crippen LogP contribution in [0.4, 0.5) is 5.13 Å². The summed E-state index contributed by atoms with van der Waals surface area (Å²) >= 11 is 16.7. The van der Waals surface area contributed by atoms with Crippen molar-refractivity contribution < 1.29 is 4.79 Å². The fourth-order valence-electron chi connectivity index (χ4n) is 3.54. The molecule has 31 heavy (non-hydrogen) atoms. The maximum atomic E-state index is 12.8. The van der Waals surface area contributed by atoms with E-state index in [1.54, 1.807) is 29.8 Å². The molecule has 1 atom stereocenters. The van der Waals surface area contributed by atoms with E-state index in [2.05, 4.69) is 20.3 Å². The van der Waals surface area contributed by atoms with Crippen LogP contribution in [0.15, 0.2) is 34.9 Å². The molecule has 0 radical (unpaired) electrons. The van der Waals surface area contributed by atoms with Crippen LogP contribution in [0.1, 0.15) is 23.8 Å². The quantitative estimate of drug-likeness (QED) is 0.240. The van der Waals surface area contributed by atoms with Crippen LogP contribution < -0.4 is 5.32 Å². The first-order chi connectivity index (χ1) is 15.0. The number of anilines is 1. The van der Waals surface area contributed by atoms with E-state index in [4.69, 9.17) is 23.2 Å². The first kappa shape index (κ1) is 21.2. The van der Waals surface area contributed by atoms with E-state index in [-0.39, 0.29) is 11.2 Å². The molecule has 1 amide bonds. The molecule has 5 nitrogen and oxygen atoms in total. The molecule has 3 heterocycles. The first-order valence-corrected chi connectivity index (χ1v) is 13.0. The van der Waals surface area contributed by atoms with Crippen LogP contribution in [0.25, 0.3) is 21.5 Å². The number of halogens is 2. The average Bonchev–Trinajstić information content (AvgIpc) is 3.46. The van der Waals surface area contributed by atoms with Crippen LogP contribution in [0.2, 0.25) is 10.0 Å². The molecular weight excluding hydrogens is 491 g/mol. The summed E-state index contributed by atoms with van der Waals surface area (Å²) in [6, 6.07) is 5.36. The standard InChI is InChI=1S/C21H16Cl2N4OS3/c1-10(30-19-17-12-3-2-4-16(12)31-20(17)25-9-24-19)18(28)27-21-26-15(8-29-21)11-5-6-13(22)14(23)7-11/h5-10H,2-4H2,1H3,(H,26,27,28). The second kappa shape index (κ2) is 8.67. The summed E-state index contributed by atoms with van der Waals surface area (Å²) in [5.41, 5.74) is 2.95. The Kier molecular flexibility index (Phi) is 5.92. The van der Waals surface area contributed by atoms with Crippen LogP contribution in [0.3, 0.4) is 0 Å². The normalized spacial score (nSPS) is 14.0. The van der Waals surface area contributed by atoms with Gasteiger partial charge >= 0.3 is 0 Å². The maximum absolute atomic E-state index is 12.8. The van der Waals surface area contributed by atoms with Crippen molar-refractivity contribution >= 4 is 78.9 Å². The number of nitrogens with zero attached hydrogens (tertiary/aromatic N) is 3. The molecule has 0 spiro atoms. The van der Waals surface area contributed by atoms with Gasteiger partial charge in [0.05, 0.1) is 21.0 Å². The van der Waals surface area contributed by atoms with Gasteiger partial charge in [-0.3, -0.25) is 4.79 Å². The predicted octanol–water partition coefficient (Wildman–Crippen LogP) is 6.73. The molecule has 0 saturated carbocycles. The molecular formula is C21H16Cl2N4OS3. The van der Waals surface area contributed by atoms with Crippen molar-refractivity contribution in [3.05, 3.63) is 50.4 Å². The highest BCUT2D eigenvalue weighted by Crippen LogP contribution is 2.41. The summed E-state index contributed by atoms with van der Waals surface area (Å²) < 4.78 is 0. The van der Waals surface area contributed by atoms with Gasteiger partial charge in [-0.2, -0.15) is 0 Å². The van der Waals surface area contributed by atoms with Gasteiger partial charge in [0.25, 0.3) is 0 Å². The van der Waals surface area contributed by atoms with Crippen molar-refractivity contribution in [2.45, 2.75) is 36.5 Å². The Labute approximate surface area is 201 Å². The molecule has 1 aliphatic carbocycles. The lowest BCUT2D eigenvalue weighted by Crippen LogP contribution is -2.22. The molecule has 5 rings (SSSR count). The molecule has 1 aliphatic rings. The lowest BCUT2D eigenvalue weighted by Gasteiger charge is -2.11. The Morgan fingerprint density at radius 2 is 2.10 bits per heavy atom. The van der Waals surface area contributed by atoms with Crippen molar-refractivity contribution in [3.8, 4) is 11.3 Å². The zero-order valence-electron chi connectivity index (χ0n) is 16.3. The summed E-state index contributed by atoms with van der Waals surface area (Å²) in [7, 11) is 0. The summed E-state index contributed by atoms with van der Waals surface area (Å²) in [6.45, 7) is 1.88. The predicted molar refractivity (Wildman–Crippen MR) is 131 cm³/mol. The number of hydrogen-bond acceptors (Lipinski definition) is 7. The lowest BCUT2D eigenvalue weighted by atomic mass is 10.2. The molecule has 4 aromatic rings. The first-order valence-electron chi connectivity index (χ1n) is 9.63. The van der Waals surface area contributed by atoms with E-state index < -0.39 is 0 Å². The molecule has 0 aliphatic heterocycles. The second-order valence-electron chi connectivity index (χ2n) is 7.13. The van der Waals surface area contributed by atoms with E-state index >= 15 is 0 Å². The van der Waals surface area contributed by atoms with E-state index in [9.17, 15) is 4.79 Å². The largest absolute Gasteiger partial charge is 0.301 e. The molecule has 0 saturated heterocycles. The second-order valence-corrected chi connectivity index (χ2v) is 11.2. The Morgan fingerprint density at radius 3 is 2.94 bits per heavy atom. The van der Waals surface area contributed by atoms with E-state index in [0.717, 1.165) is 39.3 Å². The third-order valence-corrected chi connectivity index (χ3v) is 8.87. The molecule has 0 bridgehead atoms. The van der Waals surface area contributed by atoms with E-state index in [1.165, 1.54) is 40.0 Å². The van der Waals surface area contributed by atoms with Gasteiger partial charge in [-0.05, 0) is 43.9 Å². The fourth-order valence-corrected chi connectivity index (χ4v) is 6.80. The molecule has 1 aromatic carbocycles. The van der Waals surface area contributed by atoms with Gasteiger partial charge in [-0.15, -0.1) is 22.7 Å². The Bertz CT molecular complexity index is 1300. The number of aryl methyl sites for hydroxylation is 2. The van der Waals surface area contributed by atoms with Gasteiger partial charge in [0.2, 0.25) is 5.91 Å². The maximum Gasteiger partial charge on any atom is 0.239 e. The van der Waals surface area contributed by atoms with Crippen molar-refractivity contribution in [2.24, 2.45) is 0 Å². The van der Waals surface area contributed by atoms with Crippen LogP contribution >= 0.6 is 57.6 Å². The molecule has 10 heteroatoms. The molecule has 3 aromatic heterocycles. The highest BCUT2D eigenvalue weighted by Gasteiger charge is 2.24. The van der Waals surface area contributed by atoms with E-state index in [0.29, 0.717) is 15.2 Å². The number of carbonyl (C=O) groups is 1. The Hall–Kier alpha value is -1.71. The van der Waals surface area contributed by atoms with Gasteiger partial charge in [0.15, 0.2) is 5.13 Å². The zero-order valence-corrected chi connectivity index (χ0v) is 20.3. The summed E-state index contributed by atoms with van der Waals surface area (Å²) in [5.74, 6) is -0.112. The number of thiazole rings is 1. The molecule has 1 N–H and O–H groups in total. The van der Waals surface area contributed by atoms with Gasteiger partial charge in [-0.1, -0.05) is 41.0 Å². The average molecular weight is 507 g/mol.